The molecule has 2 heterocycles. The lowest BCUT2D eigenvalue weighted by atomic mass is 10.2. The summed E-state index contributed by atoms with van der Waals surface area (Å²) < 4.78 is 10.8. The molecular formula is C20H26N4O3. The maximum Gasteiger partial charge on any atom is 0.272 e. The largest absolute Gasteiger partial charge is 0.497 e. The maximum absolute atomic E-state index is 12.5. The summed E-state index contributed by atoms with van der Waals surface area (Å²) in [5.41, 5.74) is 1.35. The number of carbonyl (C=O) groups excluding carboxylic acids is 1. The number of hydrogen-bond acceptors (Lipinski definition) is 6. The Hall–Kier alpha value is -2.80. The number of piperazine rings is 1. The monoisotopic (exact) mass is 370 g/mol. The summed E-state index contributed by atoms with van der Waals surface area (Å²) in [7, 11) is 3.71. The molecule has 1 fully saturated rings. The van der Waals surface area contributed by atoms with E-state index in [0.29, 0.717) is 18.8 Å². The minimum atomic E-state index is -0.00232. The zero-order valence-electron chi connectivity index (χ0n) is 15.9. The van der Waals surface area contributed by atoms with Gasteiger partial charge in [-0.2, -0.15) is 0 Å². The predicted octanol–water partition coefficient (Wildman–Crippen LogP) is 1.97. The quantitative estimate of drug-likeness (QED) is 0.752. The third-order valence-corrected chi connectivity index (χ3v) is 4.53. The van der Waals surface area contributed by atoms with Crippen LogP contribution >= 0.6 is 0 Å². The first kappa shape index (κ1) is 19.0. The minimum Gasteiger partial charge on any atom is -0.497 e. The SMILES string of the molecule is COc1ccc(OCCNc2ccc(C(=O)N3CCN(C)CC3)nc2)cc1. The van der Waals surface area contributed by atoms with Crippen LogP contribution in [0.15, 0.2) is 42.6 Å². The molecule has 0 atom stereocenters. The highest BCUT2D eigenvalue weighted by Crippen LogP contribution is 2.17. The number of carbonyl (C=O) groups is 1. The molecule has 0 spiro atoms. The third-order valence-electron chi connectivity index (χ3n) is 4.53. The molecule has 1 aromatic carbocycles. The van der Waals surface area contributed by atoms with Crippen molar-refractivity contribution in [2.45, 2.75) is 0 Å². The first-order valence-corrected chi connectivity index (χ1v) is 9.10. The van der Waals surface area contributed by atoms with Crippen LogP contribution in [-0.2, 0) is 0 Å². The van der Waals surface area contributed by atoms with E-state index in [9.17, 15) is 4.79 Å². The van der Waals surface area contributed by atoms with Crippen LogP contribution in [0.4, 0.5) is 5.69 Å². The Kier molecular flexibility index (Phi) is 6.49. The lowest BCUT2D eigenvalue weighted by Crippen LogP contribution is -2.47. The predicted molar refractivity (Wildman–Crippen MR) is 105 cm³/mol. The van der Waals surface area contributed by atoms with Gasteiger partial charge in [0.1, 0.15) is 23.8 Å². The number of anilines is 1. The molecule has 7 nitrogen and oxygen atoms in total. The van der Waals surface area contributed by atoms with E-state index in [4.69, 9.17) is 9.47 Å². The van der Waals surface area contributed by atoms with Gasteiger partial charge >= 0.3 is 0 Å². The Morgan fingerprint density at radius 2 is 1.78 bits per heavy atom. The lowest BCUT2D eigenvalue weighted by molar-refractivity contribution is 0.0658. The molecule has 1 aliphatic rings. The van der Waals surface area contributed by atoms with Crippen molar-refractivity contribution in [1.82, 2.24) is 14.8 Å². The molecule has 144 valence electrons. The summed E-state index contributed by atoms with van der Waals surface area (Å²) in [4.78, 5) is 20.9. The molecule has 0 bridgehead atoms. The van der Waals surface area contributed by atoms with Gasteiger partial charge in [0, 0.05) is 32.7 Å². The van der Waals surface area contributed by atoms with Gasteiger partial charge < -0.3 is 24.6 Å². The van der Waals surface area contributed by atoms with Crippen LogP contribution < -0.4 is 14.8 Å². The number of hydrogen-bond donors (Lipinski definition) is 1. The van der Waals surface area contributed by atoms with Crippen LogP contribution in [0.5, 0.6) is 11.5 Å². The number of likely N-dealkylation sites (N-methyl/N-ethyl adjacent to an activating group) is 1. The molecule has 0 unspecified atom stereocenters. The second-order valence-corrected chi connectivity index (χ2v) is 6.48. The summed E-state index contributed by atoms with van der Waals surface area (Å²) in [6.07, 6.45) is 1.69. The first-order valence-electron chi connectivity index (χ1n) is 9.10. The fraction of sp³-hybridized carbons (Fsp3) is 0.400. The average Bonchev–Trinajstić information content (AvgIpc) is 2.72. The van der Waals surface area contributed by atoms with Gasteiger partial charge in [0.2, 0.25) is 0 Å². The topological polar surface area (TPSA) is 66.9 Å². The Labute approximate surface area is 159 Å². The van der Waals surface area contributed by atoms with Gasteiger partial charge in [0.15, 0.2) is 0 Å². The van der Waals surface area contributed by atoms with Crippen LogP contribution in [0.2, 0.25) is 0 Å². The van der Waals surface area contributed by atoms with E-state index in [-0.39, 0.29) is 5.91 Å². The summed E-state index contributed by atoms with van der Waals surface area (Å²) in [6, 6.07) is 11.1. The van der Waals surface area contributed by atoms with Crippen LogP contribution in [0.25, 0.3) is 0 Å². The summed E-state index contributed by atoms with van der Waals surface area (Å²) in [6.45, 7) is 4.46. The number of aromatic nitrogens is 1. The average molecular weight is 370 g/mol. The zero-order chi connectivity index (χ0) is 19.1. The number of pyridine rings is 1. The highest BCUT2D eigenvalue weighted by Gasteiger charge is 2.21. The molecule has 7 heteroatoms. The van der Waals surface area contributed by atoms with E-state index in [1.165, 1.54) is 0 Å². The molecule has 2 aromatic rings. The normalized spacial score (nSPS) is 14.7. The Morgan fingerprint density at radius 1 is 1.07 bits per heavy atom. The van der Waals surface area contributed by atoms with Gasteiger partial charge in [-0.05, 0) is 43.4 Å². The van der Waals surface area contributed by atoms with E-state index < -0.39 is 0 Å². The van der Waals surface area contributed by atoms with E-state index in [2.05, 4.69) is 22.2 Å². The summed E-state index contributed by atoms with van der Waals surface area (Å²) in [5.74, 6) is 1.60. The van der Waals surface area contributed by atoms with Crippen molar-refractivity contribution in [2.24, 2.45) is 0 Å². The molecule has 0 aliphatic carbocycles. The Balaban J connectivity index is 1.42. The van der Waals surface area contributed by atoms with Gasteiger partial charge in [-0.25, -0.2) is 4.98 Å². The van der Waals surface area contributed by atoms with Crippen molar-refractivity contribution in [2.75, 3.05) is 58.8 Å². The third kappa shape index (κ3) is 5.34. The number of amides is 1. The van der Waals surface area contributed by atoms with Crippen LogP contribution in [0, 0.1) is 0 Å². The lowest BCUT2D eigenvalue weighted by Gasteiger charge is -2.32. The van der Waals surface area contributed by atoms with Crippen molar-refractivity contribution >= 4 is 11.6 Å². The van der Waals surface area contributed by atoms with Crippen molar-refractivity contribution < 1.29 is 14.3 Å². The van der Waals surface area contributed by atoms with E-state index in [0.717, 1.165) is 43.4 Å². The fourth-order valence-corrected chi connectivity index (χ4v) is 2.83. The number of methoxy groups -OCH3 is 1. The summed E-state index contributed by atoms with van der Waals surface area (Å²) >= 11 is 0. The molecule has 3 rings (SSSR count). The molecule has 1 aliphatic heterocycles. The molecule has 27 heavy (non-hydrogen) atoms. The summed E-state index contributed by atoms with van der Waals surface area (Å²) in [5, 5.41) is 3.25. The van der Waals surface area contributed by atoms with Crippen molar-refractivity contribution in [1.29, 1.82) is 0 Å². The van der Waals surface area contributed by atoms with Gasteiger partial charge in [0.25, 0.3) is 5.91 Å². The van der Waals surface area contributed by atoms with Gasteiger partial charge in [-0.3, -0.25) is 4.79 Å². The molecule has 1 N–H and O–H groups in total. The number of rotatable bonds is 7. The highest BCUT2D eigenvalue weighted by atomic mass is 16.5. The fourth-order valence-electron chi connectivity index (χ4n) is 2.83. The number of ether oxygens (including phenoxy) is 2. The number of benzene rings is 1. The van der Waals surface area contributed by atoms with E-state index in [1.54, 1.807) is 19.4 Å². The van der Waals surface area contributed by atoms with Crippen LogP contribution in [-0.4, -0.2) is 74.2 Å². The smallest absolute Gasteiger partial charge is 0.272 e. The first-order chi connectivity index (χ1) is 13.2. The van der Waals surface area contributed by atoms with Crippen molar-refractivity contribution in [3.05, 3.63) is 48.3 Å². The van der Waals surface area contributed by atoms with Crippen LogP contribution in [0.1, 0.15) is 10.5 Å². The minimum absolute atomic E-state index is 0.00232. The second-order valence-electron chi connectivity index (χ2n) is 6.48. The second kappa shape index (κ2) is 9.23. The molecule has 1 saturated heterocycles. The highest BCUT2D eigenvalue weighted by molar-refractivity contribution is 5.92. The van der Waals surface area contributed by atoms with Crippen LogP contribution in [0.3, 0.4) is 0 Å². The number of nitrogens with one attached hydrogen (secondary N) is 1. The maximum atomic E-state index is 12.5. The number of nitrogens with zero attached hydrogens (tertiary/aromatic N) is 3. The zero-order valence-corrected chi connectivity index (χ0v) is 15.9. The molecule has 0 radical (unpaired) electrons. The van der Waals surface area contributed by atoms with Crippen molar-refractivity contribution in [3.8, 4) is 11.5 Å². The van der Waals surface area contributed by atoms with E-state index in [1.807, 2.05) is 35.2 Å². The van der Waals surface area contributed by atoms with Gasteiger partial charge in [0.05, 0.1) is 19.0 Å². The Morgan fingerprint density at radius 3 is 2.41 bits per heavy atom. The Bertz CT molecular complexity index is 726. The van der Waals surface area contributed by atoms with E-state index >= 15 is 0 Å². The molecule has 1 aromatic heterocycles. The molecular weight excluding hydrogens is 344 g/mol. The van der Waals surface area contributed by atoms with Crippen molar-refractivity contribution in [3.63, 3.8) is 0 Å². The molecule has 0 saturated carbocycles. The standard InChI is InChI=1S/C20H26N4O3/c1-23-10-12-24(13-11-23)20(25)19-8-3-16(15-22-19)21-9-14-27-18-6-4-17(26-2)5-7-18/h3-8,15,21H,9-14H2,1-2H3. The van der Waals surface area contributed by atoms with Gasteiger partial charge in [-0.1, -0.05) is 0 Å². The van der Waals surface area contributed by atoms with Gasteiger partial charge in [-0.15, -0.1) is 0 Å². The molecule has 1 amide bonds.